The second-order valence-corrected chi connectivity index (χ2v) is 14.3. The molecule has 4 aromatic carbocycles. The molecule has 4 aromatic rings. The Morgan fingerprint density at radius 1 is 0.377 bits per heavy atom. The lowest BCUT2D eigenvalue weighted by Crippen LogP contribution is -2.10. The Hall–Kier alpha value is -3.90. The summed E-state index contributed by atoms with van der Waals surface area (Å²) in [6.45, 7) is 53.2. The van der Waals surface area contributed by atoms with Gasteiger partial charge in [-0.15, -0.1) is 6.58 Å². The Balaban J connectivity index is -0.000000332. The van der Waals surface area contributed by atoms with E-state index >= 15 is 0 Å². The Bertz CT molecular complexity index is 1340. The number of hydrogen-bond acceptors (Lipinski definition) is 0. The third-order valence-electron chi connectivity index (χ3n) is 6.92. The van der Waals surface area contributed by atoms with E-state index in [0.29, 0.717) is 0 Å². The minimum absolute atomic E-state index is 0.211. The van der Waals surface area contributed by atoms with Crippen LogP contribution in [0.25, 0.3) is 33.4 Å². The predicted molar refractivity (Wildman–Crippen MR) is 252 cm³/mol. The molecule has 0 saturated heterocycles. The van der Waals surface area contributed by atoms with Crippen molar-refractivity contribution in [3.8, 4) is 22.3 Å². The topological polar surface area (TPSA) is 0 Å². The van der Waals surface area contributed by atoms with Crippen LogP contribution in [0, 0.1) is 0 Å². The molecule has 4 rings (SSSR count). The Labute approximate surface area is 332 Å². The van der Waals surface area contributed by atoms with E-state index in [4.69, 9.17) is 0 Å². The molecule has 0 saturated carbocycles. The summed E-state index contributed by atoms with van der Waals surface area (Å²) in [7, 11) is 0. The maximum absolute atomic E-state index is 3.97. The van der Waals surface area contributed by atoms with Crippen molar-refractivity contribution >= 4 is 11.1 Å². The lowest BCUT2D eigenvalue weighted by molar-refractivity contribution is 0.590. The molecule has 0 N–H and O–H groups in total. The molecule has 0 aliphatic heterocycles. The SMILES string of the molecule is C=C(C)C.C=C(C)c1ccc(-c2ccc(C(C)(C)C)cc2)cc1.C=C(C)c1ccc(-c2ccc(C(C)(C)C)cc2)cc1.CC.CC.CC.CC.CCC. The second-order valence-electron chi connectivity index (χ2n) is 14.3. The van der Waals surface area contributed by atoms with Crippen molar-refractivity contribution in [2.75, 3.05) is 0 Å². The van der Waals surface area contributed by atoms with Crippen LogP contribution in [0.5, 0.6) is 0 Å². The average Bonchev–Trinajstić information content (AvgIpc) is 3.15. The predicted octanol–water partition coefficient (Wildman–Crippen LogP) is 18.5. The molecule has 0 heterocycles. The van der Waals surface area contributed by atoms with E-state index < -0.39 is 0 Å². The first-order chi connectivity index (χ1) is 24.9. The van der Waals surface area contributed by atoms with Crippen LogP contribution in [-0.4, -0.2) is 0 Å². The van der Waals surface area contributed by atoms with Gasteiger partial charge in [-0.1, -0.05) is 244 Å². The molecule has 53 heavy (non-hydrogen) atoms. The molecule has 0 heteroatoms. The van der Waals surface area contributed by atoms with Gasteiger partial charge in [-0.25, -0.2) is 0 Å². The highest BCUT2D eigenvalue weighted by atomic mass is 14.2. The zero-order chi connectivity index (χ0) is 42.4. The minimum Gasteiger partial charge on any atom is -0.100 e. The smallest absolute Gasteiger partial charge is 0.0132 e. The highest BCUT2D eigenvalue weighted by Crippen LogP contribution is 2.28. The molecule has 0 spiro atoms. The van der Waals surface area contributed by atoms with E-state index in [1.807, 2.05) is 83.1 Å². The number of benzene rings is 4. The van der Waals surface area contributed by atoms with E-state index in [1.165, 1.54) is 56.5 Å². The Kier molecular flexibility index (Phi) is 33.3. The molecule has 0 aromatic heterocycles. The molecule has 0 aliphatic rings. The van der Waals surface area contributed by atoms with Crippen LogP contribution in [0.4, 0.5) is 0 Å². The van der Waals surface area contributed by atoms with E-state index in [1.54, 1.807) is 0 Å². The van der Waals surface area contributed by atoms with Crippen molar-refractivity contribution < 1.29 is 0 Å². The van der Waals surface area contributed by atoms with Crippen LogP contribution in [0.2, 0.25) is 0 Å². The number of allylic oxidation sites excluding steroid dienone is 3. The average molecular weight is 721 g/mol. The first-order valence-corrected chi connectivity index (χ1v) is 20.3. The zero-order valence-electron chi connectivity index (χ0n) is 38.6. The first kappa shape index (κ1) is 55.8. The summed E-state index contributed by atoms with van der Waals surface area (Å²) >= 11 is 0. The first-order valence-electron chi connectivity index (χ1n) is 20.3. The van der Waals surface area contributed by atoms with Crippen molar-refractivity contribution in [1.29, 1.82) is 0 Å². The van der Waals surface area contributed by atoms with Gasteiger partial charge in [0, 0.05) is 0 Å². The van der Waals surface area contributed by atoms with Crippen molar-refractivity contribution in [2.24, 2.45) is 0 Å². The number of rotatable bonds is 4. The largest absolute Gasteiger partial charge is 0.100 e. The van der Waals surface area contributed by atoms with Gasteiger partial charge < -0.3 is 0 Å². The molecule has 296 valence electrons. The molecular formula is C53H84. The summed E-state index contributed by atoms with van der Waals surface area (Å²) < 4.78 is 0. The summed E-state index contributed by atoms with van der Waals surface area (Å²) in [6, 6.07) is 34.9. The fourth-order valence-corrected chi connectivity index (χ4v) is 4.22. The van der Waals surface area contributed by atoms with Crippen LogP contribution in [0.1, 0.15) is 167 Å². The van der Waals surface area contributed by atoms with Crippen LogP contribution in [-0.2, 0) is 10.8 Å². The third-order valence-corrected chi connectivity index (χ3v) is 6.92. The van der Waals surface area contributed by atoms with E-state index in [9.17, 15) is 0 Å². The summed E-state index contributed by atoms with van der Waals surface area (Å²) in [5.74, 6) is 0. The molecule has 0 radical (unpaired) electrons. The molecule has 0 amide bonds. The van der Waals surface area contributed by atoms with E-state index in [2.05, 4.69) is 172 Å². The van der Waals surface area contributed by atoms with E-state index in [-0.39, 0.29) is 10.8 Å². The summed E-state index contributed by atoms with van der Waals surface area (Å²) in [4.78, 5) is 0. The summed E-state index contributed by atoms with van der Waals surface area (Å²) in [5.41, 5.74) is 14.0. The summed E-state index contributed by atoms with van der Waals surface area (Å²) in [5, 5.41) is 0. The van der Waals surface area contributed by atoms with Gasteiger partial charge >= 0.3 is 0 Å². The second kappa shape index (κ2) is 31.6. The lowest BCUT2D eigenvalue weighted by Gasteiger charge is -2.19. The molecule has 0 aliphatic carbocycles. The van der Waals surface area contributed by atoms with E-state index in [0.717, 1.165) is 11.1 Å². The normalized spacial score (nSPS) is 9.43. The van der Waals surface area contributed by atoms with Crippen LogP contribution in [0.3, 0.4) is 0 Å². The quantitative estimate of drug-likeness (QED) is 0.184. The Morgan fingerprint density at radius 2 is 0.528 bits per heavy atom. The zero-order valence-corrected chi connectivity index (χ0v) is 38.6. The van der Waals surface area contributed by atoms with Gasteiger partial charge in [-0.2, -0.15) is 0 Å². The fourth-order valence-electron chi connectivity index (χ4n) is 4.22. The van der Waals surface area contributed by atoms with Gasteiger partial charge in [-0.3, -0.25) is 0 Å². The number of hydrogen-bond donors (Lipinski definition) is 0. The van der Waals surface area contributed by atoms with Crippen LogP contribution in [0.15, 0.2) is 122 Å². The molecule has 0 nitrogen and oxygen atoms in total. The van der Waals surface area contributed by atoms with Gasteiger partial charge in [0.2, 0.25) is 0 Å². The molecular weight excluding hydrogens is 637 g/mol. The monoisotopic (exact) mass is 721 g/mol. The molecule has 0 bridgehead atoms. The van der Waals surface area contributed by atoms with Crippen molar-refractivity contribution in [3.05, 3.63) is 145 Å². The minimum atomic E-state index is 0.211. The van der Waals surface area contributed by atoms with Gasteiger partial charge in [-0.05, 0) is 83.0 Å². The molecule has 0 fully saturated rings. The Morgan fingerprint density at radius 3 is 0.660 bits per heavy atom. The van der Waals surface area contributed by atoms with Gasteiger partial charge in [0.1, 0.15) is 0 Å². The van der Waals surface area contributed by atoms with Gasteiger partial charge in [0.15, 0.2) is 0 Å². The maximum atomic E-state index is 3.97. The van der Waals surface area contributed by atoms with Crippen molar-refractivity contribution in [1.82, 2.24) is 0 Å². The lowest BCUT2D eigenvalue weighted by atomic mass is 9.86. The fraction of sp³-hybridized carbons (Fsp3) is 0.434. The molecule has 0 unspecified atom stereocenters. The van der Waals surface area contributed by atoms with Gasteiger partial charge in [0.25, 0.3) is 0 Å². The standard InChI is InChI=1S/2C19H22.C4H8.C3H8.4C2H6/c2*1-14(2)15-6-8-16(9-7-15)17-10-12-18(13-11-17)19(3,4)5;1-4(2)3;1-3-2;4*1-2/h2*6-13H,1H2,2-5H3;1H2,2-3H3;3H2,1-2H3;4*1-2H3. The van der Waals surface area contributed by atoms with Gasteiger partial charge in [0.05, 0.1) is 0 Å². The summed E-state index contributed by atoms with van der Waals surface area (Å²) in [6.07, 6.45) is 1.25. The van der Waals surface area contributed by atoms with Crippen molar-refractivity contribution in [2.45, 2.75) is 156 Å². The highest BCUT2D eigenvalue weighted by Gasteiger charge is 2.14. The van der Waals surface area contributed by atoms with Crippen molar-refractivity contribution in [3.63, 3.8) is 0 Å². The third kappa shape index (κ3) is 24.9. The maximum Gasteiger partial charge on any atom is -0.0132 e. The molecule has 0 atom stereocenters. The highest BCUT2D eigenvalue weighted by molar-refractivity contribution is 5.70. The van der Waals surface area contributed by atoms with Crippen LogP contribution < -0.4 is 0 Å². The van der Waals surface area contributed by atoms with Crippen LogP contribution >= 0.6 is 0 Å².